The maximum Gasteiger partial charge on any atom is 0.191 e. The second-order valence-corrected chi connectivity index (χ2v) is 8.52. The summed E-state index contributed by atoms with van der Waals surface area (Å²) in [6.45, 7) is 11.4. The Hall–Kier alpha value is 0.270. The summed E-state index contributed by atoms with van der Waals surface area (Å²) < 4.78 is 0. The summed E-state index contributed by atoms with van der Waals surface area (Å²) in [5, 5.41) is 18.0. The molecule has 1 aliphatic heterocycles. The van der Waals surface area contributed by atoms with Crippen molar-refractivity contribution in [3.8, 4) is 0 Å². The smallest absolute Gasteiger partial charge is 0.191 e. The molecule has 0 bridgehead atoms. The second kappa shape index (κ2) is 11.9. The summed E-state index contributed by atoms with van der Waals surface area (Å²) in [5.74, 6) is 1.93. The topological polar surface area (TPSA) is 59.9 Å². The normalized spacial score (nSPS) is 28.2. The Morgan fingerprint density at radius 1 is 1.24 bits per heavy atom. The Kier molecular flexibility index (Phi) is 11.1. The summed E-state index contributed by atoms with van der Waals surface area (Å²) in [6, 6.07) is 0.493. The van der Waals surface area contributed by atoms with Gasteiger partial charge in [-0.1, -0.05) is 13.8 Å². The molecule has 25 heavy (non-hydrogen) atoms. The van der Waals surface area contributed by atoms with Crippen molar-refractivity contribution in [1.29, 1.82) is 0 Å². The minimum absolute atomic E-state index is 0. The Morgan fingerprint density at radius 3 is 2.48 bits per heavy atom. The van der Waals surface area contributed by atoms with Gasteiger partial charge in [0.1, 0.15) is 0 Å². The lowest BCUT2D eigenvalue weighted by Gasteiger charge is -2.44. The number of hydrogen-bond acceptors (Lipinski definition) is 4. The molecule has 2 unspecified atom stereocenters. The molecule has 148 valence electrons. The maximum absolute atomic E-state index is 10.7. The van der Waals surface area contributed by atoms with Crippen LogP contribution in [0.15, 0.2) is 4.99 Å². The number of halogens is 1. The van der Waals surface area contributed by atoms with Gasteiger partial charge in [0.25, 0.3) is 0 Å². The highest BCUT2D eigenvalue weighted by molar-refractivity contribution is 14.0. The number of likely N-dealkylation sites (tertiary alicyclic amines) is 1. The molecule has 1 saturated heterocycles. The molecule has 7 heteroatoms. The van der Waals surface area contributed by atoms with Gasteiger partial charge in [0.2, 0.25) is 0 Å². The minimum Gasteiger partial charge on any atom is -0.387 e. The molecular formula is C18H37IN4OS. The number of aliphatic hydroxyl groups is 1. The van der Waals surface area contributed by atoms with Crippen molar-refractivity contribution >= 4 is 41.7 Å². The summed E-state index contributed by atoms with van der Waals surface area (Å²) in [5.41, 5.74) is -0.604. The lowest BCUT2D eigenvalue weighted by Crippen LogP contribution is -2.54. The Bertz CT molecular complexity index is 405. The Labute approximate surface area is 175 Å². The molecule has 2 aliphatic rings. The van der Waals surface area contributed by atoms with E-state index in [9.17, 15) is 5.11 Å². The van der Waals surface area contributed by atoms with Gasteiger partial charge in [-0.3, -0.25) is 4.99 Å². The van der Waals surface area contributed by atoms with Gasteiger partial charge in [0.05, 0.1) is 12.1 Å². The van der Waals surface area contributed by atoms with Gasteiger partial charge in [0.15, 0.2) is 5.96 Å². The number of nitrogens with one attached hydrogen (secondary N) is 2. The van der Waals surface area contributed by atoms with Crippen LogP contribution in [-0.2, 0) is 0 Å². The van der Waals surface area contributed by atoms with Crippen molar-refractivity contribution < 1.29 is 5.11 Å². The minimum atomic E-state index is -0.604. The van der Waals surface area contributed by atoms with Crippen molar-refractivity contribution in [2.45, 2.75) is 69.8 Å². The molecule has 1 heterocycles. The van der Waals surface area contributed by atoms with Crippen molar-refractivity contribution in [3.63, 3.8) is 0 Å². The van der Waals surface area contributed by atoms with E-state index in [0.717, 1.165) is 31.1 Å². The fraction of sp³-hybridized carbons (Fsp3) is 0.944. The van der Waals surface area contributed by atoms with Crippen LogP contribution in [0.3, 0.4) is 0 Å². The largest absolute Gasteiger partial charge is 0.387 e. The lowest BCUT2D eigenvalue weighted by molar-refractivity contribution is -0.0155. The molecule has 2 fully saturated rings. The number of nitrogens with zero attached hydrogens (tertiary/aromatic N) is 2. The molecule has 2 atom stereocenters. The fourth-order valence-electron chi connectivity index (χ4n) is 3.56. The zero-order chi connectivity index (χ0) is 17.4. The van der Waals surface area contributed by atoms with Crippen molar-refractivity contribution in [2.75, 3.05) is 38.5 Å². The first-order valence-electron chi connectivity index (χ1n) is 9.72. The third-order valence-corrected chi connectivity index (χ3v) is 6.54. The highest BCUT2D eigenvalue weighted by atomic mass is 127. The first-order valence-corrected chi connectivity index (χ1v) is 10.8. The number of piperidine rings is 1. The monoisotopic (exact) mass is 484 g/mol. The summed E-state index contributed by atoms with van der Waals surface area (Å²) in [7, 11) is 0. The predicted molar refractivity (Wildman–Crippen MR) is 120 cm³/mol. The number of rotatable bonds is 8. The molecule has 2 rings (SSSR count). The van der Waals surface area contributed by atoms with E-state index in [1.54, 1.807) is 0 Å². The SMILES string of the molecule is CCCN1CCC(NC(=NCC2(O)CCC2SCC)NCC)CC1.I. The number of hydrogen-bond donors (Lipinski definition) is 3. The zero-order valence-corrected chi connectivity index (χ0v) is 19.2. The van der Waals surface area contributed by atoms with Crippen molar-refractivity contribution in [2.24, 2.45) is 4.99 Å². The van der Waals surface area contributed by atoms with E-state index in [2.05, 4.69) is 36.3 Å². The third kappa shape index (κ3) is 7.07. The van der Waals surface area contributed by atoms with E-state index < -0.39 is 5.60 Å². The van der Waals surface area contributed by atoms with Crippen LogP contribution >= 0.6 is 35.7 Å². The van der Waals surface area contributed by atoms with Gasteiger partial charge >= 0.3 is 0 Å². The zero-order valence-electron chi connectivity index (χ0n) is 16.1. The molecule has 3 N–H and O–H groups in total. The van der Waals surface area contributed by atoms with Gasteiger partial charge in [0, 0.05) is 30.9 Å². The van der Waals surface area contributed by atoms with Gasteiger partial charge in [-0.25, -0.2) is 0 Å². The third-order valence-electron chi connectivity index (χ3n) is 5.13. The molecule has 0 aromatic heterocycles. The van der Waals surface area contributed by atoms with Crippen LogP contribution < -0.4 is 10.6 Å². The number of guanidine groups is 1. The molecule has 0 amide bonds. The van der Waals surface area contributed by atoms with Crippen LogP contribution in [0.1, 0.15) is 52.9 Å². The van der Waals surface area contributed by atoms with Crippen LogP contribution in [0.5, 0.6) is 0 Å². The molecule has 0 radical (unpaired) electrons. The van der Waals surface area contributed by atoms with E-state index >= 15 is 0 Å². The lowest BCUT2D eigenvalue weighted by atomic mass is 9.79. The molecular weight excluding hydrogens is 447 g/mol. The predicted octanol–water partition coefficient (Wildman–Crippen LogP) is 2.68. The first kappa shape index (κ1) is 23.3. The van der Waals surface area contributed by atoms with E-state index in [1.807, 2.05) is 11.8 Å². The van der Waals surface area contributed by atoms with E-state index in [0.29, 0.717) is 17.8 Å². The highest BCUT2D eigenvalue weighted by Crippen LogP contribution is 2.41. The fourth-order valence-corrected chi connectivity index (χ4v) is 4.75. The number of aliphatic imine (C=N–C) groups is 1. The van der Waals surface area contributed by atoms with E-state index in [1.165, 1.54) is 38.9 Å². The van der Waals surface area contributed by atoms with Gasteiger partial charge in [-0.05, 0) is 51.3 Å². The number of thioether (sulfide) groups is 1. The molecule has 0 spiro atoms. The average Bonchev–Trinajstić information content (AvgIpc) is 2.58. The molecule has 1 aliphatic carbocycles. The van der Waals surface area contributed by atoms with Crippen LogP contribution in [0, 0.1) is 0 Å². The molecule has 1 saturated carbocycles. The van der Waals surface area contributed by atoms with Crippen LogP contribution in [-0.4, -0.2) is 71.3 Å². The van der Waals surface area contributed by atoms with Gasteiger partial charge in [-0.15, -0.1) is 24.0 Å². The van der Waals surface area contributed by atoms with E-state index in [-0.39, 0.29) is 24.0 Å². The first-order chi connectivity index (χ1) is 11.6. The van der Waals surface area contributed by atoms with Gasteiger partial charge < -0.3 is 20.6 Å². The Balaban J connectivity index is 0.00000312. The summed E-state index contributed by atoms with van der Waals surface area (Å²) in [6.07, 6.45) is 5.57. The summed E-state index contributed by atoms with van der Waals surface area (Å²) in [4.78, 5) is 7.25. The molecule has 5 nitrogen and oxygen atoms in total. The van der Waals surface area contributed by atoms with Crippen molar-refractivity contribution in [1.82, 2.24) is 15.5 Å². The van der Waals surface area contributed by atoms with Crippen LogP contribution in [0.2, 0.25) is 0 Å². The Morgan fingerprint density at radius 2 is 1.96 bits per heavy atom. The highest BCUT2D eigenvalue weighted by Gasteiger charge is 2.45. The maximum atomic E-state index is 10.7. The second-order valence-electron chi connectivity index (χ2n) is 7.04. The van der Waals surface area contributed by atoms with Crippen LogP contribution in [0.25, 0.3) is 0 Å². The standard InChI is InChI=1S/C18H36N4OS.HI/c1-4-11-22-12-8-15(9-13-22)21-17(19-5-2)20-14-18(23)10-7-16(18)24-6-3;/h15-16,23H,4-14H2,1-3H3,(H2,19,20,21);1H. The van der Waals surface area contributed by atoms with Gasteiger partial charge in [-0.2, -0.15) is 11.8 Å². The quantitative estimate of drug-likeness (QED) is 0.281. The van der Waals surface area contributed by atoms with Crippen molar-refractivity contribution in [3.05, 3.63) is 0 Å². The average molecular weight is 484 g/mol. The molecule has 0 aromatic rings. The summed E-state index contributed by atoms with van der Waals surface area (Å²) >= 11 is 1.86. The van der Waals surface area contributed by atoms with Crippen LogP contribution in [0.4, 0.5) is 0 Å². The molecule has 0 aromatic carbocycles. The van der Waals surface area contributed by atoms with E-state index in [4.69, 9.17) is 4.99 Å².